The number of alkyl carbamates (subject to hydrolysis) is 1. The summed E-state index contributed by atoms with van der Waals surface area (Å²) in [7, 11) is 1.31. The maximum absolute atomic E-state index is 13.6. The summed E-state index contributed by atoms with van der Waals surface area (Å²) in [6.45, 7) is 11.6. The largest absolute Gasteiger partial charge is 0.453 e. The van der Waals surface area contributed by atoms with Crippen LogP contribution >= 0.6 is 54.0 Å². The molecule has 0 unspecified atom stereocenters. The van der Waals surface area contributed by atoms with Crippen molar-refractivity contribution in [1.82, 2.24) is 25.1 Å². The number of aromatic nitrogens is 2. The molecule has 2 saturated heterocycles. The first kappa shape index (κ1) is 48.1. The van der Waals surface area contributed by atoms with Gasteiger partial charge in [-0.25, -0.2) is 9.78 Å². The quantitative estimate of drug-likeness (QED) is 0.194. The Morgan fingerprint density at radius 3 is 2.09 bits per heavy atom. The molecular weight excluding hydrogens is 769 g/mol. The molecule has 0 aliphatic carbocycles. The highest BCUT2D eigenvalue weighted by Gasteiger charge is 2.39. The van der Waals surface area contributed by atoms with Gasteiger partial charge in [0.2, 0.25) is 11.8 Å². The first-order chi connectivity index (χ1) is 24.5. The first-order valence-corrected chi connectivity index (χ1v) is 18.8. The number of aryl methyl sites for hydroxylation is 2. The molecule has 55 heavy (non-hydrogen) atoms. The van der Waals surface area contributed by atoms with Gasteiger partial charge in [0.15, 0.2) is 0 Å². The van der Waals surface area contributed by atoms with Gasteiger partial charge in [0.25, 0.3) is 0 Å². The van der Waals surface area contributed by atoms with E-state index in [4.69, 9.17) is 14.7 Å². The van der Waals surface area contributed by atoms with E-state index < -0.39 is 12.1 Å². The predicted molar refractivity (Wildman–Crippen MR) is 241 cm³/mol. The van der Waals surface area contributed by atoms with Crippen molar-refractivity contribution in [2.24, 2.45) is 22.7 Å². The van der Waals surface area contributed by atoms with Gasteiger partial charge in [-0.3, -0.25) is 14.6 Å². The van der Waals surface area contributed by atoms with Crippen molar-refractivity contribution in [3.63, 3.8) is 0 Å². The molecule has 3 aromatic rings. The molecule has 4 heterocycles. The molecule has 1 aromatic heterocycles. The van der Waals surface area contributed by atoms with E-state index in [2.05, 4.69) is 66.6 Å². The number of H-pyrrole nitrogens is 1. The van der Waals surface area contributed by atoms with E-state index in [1.807, 2.05) is 36.8 Å². The summed E-state index contributed by atoms with van der Waals surface area (Å²) in [6, 6.07) is 14.7. The molecule has 3 aliphatic heterocycles. The number of ether oxygens (including phenoxy) is 1. The fourth-order valence-electron chi connectivity index (χ4n) is 7.72. The second-order valence-electron chi connectivity index (χ2n) is 15.2. The number of carbonyl (C=O) groups excluding carboxylic acids is 3. The zero-order valence-corrected chi connectivity index (χ0v) is 37.1. The number of likely N-dealkylation sites (tertiary alicyclic amines) is 2. The summed E-state index contributed by atoms with van der Waals surface area (Å²) in [5.41, 5.74) is 7.89. The van der Waals surface area contributed by atoms with Crippen LogP contribution < -0.4 is 5.32 Å². The molecule has 0 bridgehead atoms. The summed E-state index contributed by atoms with van der Waals surface area (Å²) in [5, 5.41) is 2.73. The Kier molecular flexibility index (Phi) is 18.8. The fourth-order valence-corrected chi connectivity index (χ4v) is 7.72. The molecule has 14 heteroatoms. The van der Waals surface area contributed by atoms with Crippen molar-refractivity contribution in [2.45, 2.75) is 104 Å². The standard InChI is InChI=1S/C41H54N6O4.4H2S/c1-25(2)27(5)39(48)47-21-9-13-36(47)38-42-24-34(44-38)30-17-14-28(15-18-30)10-7-11-29-16-19-31-23-33(43-32(31)22-29)35-12-8-20-46(35)40(49)37(26(3)4)45-41(50)51-6;;;;/h14-19,22,24-27,35-37H,7-13,20-21,23H2,1-6H3,(H,42,44)(H,45,50);4*1H2/t27-,35-,36-,37-;;;;/m0..../s1. The minimum Gasteiger partial charge on any atom is -0.453 e. The van der Waals surface area contributed by atoms with E-state index in [1.165, 1.54) is 23.8 Å². The highest BCUT2D eigenvalue weighted by Crippen LogP contribution is 2.35. The van der Waals surface area contributed by atoms with Gasteiger partial charge in [-0.1, -0.05) is 71.0 Å². The van der Waals surface area contributed by atoms with E-state index >= 15 is 0 Å². The topological polar surface area (TPSA) is 120 Å². The van der Waals surface area contributed by atoms with Crippen LogP contribution in [-0.4, -0.2) is 75.7 Å². The normalized spacial score (nSPS) is 18.3. The Morgan fingerprint density at radius 2 is 1.45 bits per heavy atom. The van der Waals surface area contributed by atoms with E-state index in [0.29, 0.717) is 12.5 Å². The van der Waals surface area contributed by atoms with Gasteiger partial charge < -0.3 is 24.8 Å². The van der Waals surface area contributed by atoms with Gasteiger partial charge in [0.05, 0.1) is 36.8 Å². The Balaban J connectivity index is 0.00000261. The number of amides is 3. The number of aromatic amines is 1. The molecule has 2 N–H and O–H groups in total. The van der Waals surface area contributed by atoms with Crippen LogP contribution in [0.25, 0.3) is 11.3 Å². The monoisotopic (exact) mass is 830 g/mol. The third-order valence-corrected chi connectivity index (χ3v) is 11.1. The highest BCUT2D eigenvalue weighted by molar-refractivity contribution is 7.59. The number of benzene rings is 2. The molecular formula is C41H62N6O4S4. The highest BCUT2D eigenvalue weighted by atomic mass is 32.1. The number of nitrogens with zero attached hydrogens (tertiary/aromatic N) is 4. The van der Waals surface area contributed by atoms with Crippen molar-refractivity contribution in [1.29, 1.82) is 0 Å². The lowest BCUT2D eigenvalue weighted by atomic mass is 9.96. The number of carbonyl (C=O) groups is 3. The van der Waals surface area contributed by atoms with Gasteiger partial charge in [0.1, 0.15) is 11.9 Å². The zero-order valence-electron chi connectivity index (χ0n) is 33.1. The van der Waals surface area contributed by atoms with Crippen LogP contribution in [0.1, 0.15) is 95.3 Å². The minimum absolute atomic E-state index is 0. The van der Waals surface area contributed by atoms with Gasteiger partial charge in [-0.2, -0.15) is 54.0 Å². The Morgan fingerprint density at radius 1 is 0.836 bits per heavy atom. The van der Waals surface area contributed by atoms with E-state index in [1.54, 1.807) is 0 Å². The first-order valence-electron chi connectivity index (χ1n) is 18.8. The molecule has 10 nitrogen and oxygen atoms in total. The van der Waals surface area contributed by atoms with Crippen LogP contribution in [0.3, 0.4) is 0 Å². The number of rotatable bonds is 12. The molecule has 3 aliphatic rings. The molecule has 304 valence electrons. The van der Waals surface area contributed by atoms with Gasteiger partial charge >= 0.3 is 6.09 Å². The summed E-state index contributed by atoms with van der Waals surface area (Å²) in [5.74, 6) is 1.30. The van der Waals surface area contributed by atoms with Crippen LogP contribution in [0, 0.1) is 17.8 Å². The van der Waals surface area contributed by atoms with Gasteiger partial charge in [-0.15, -0.1) is 0 Å². The third kappa shape index (κ3) is 11.1. The third-order valence-electron chi connectivity index (χ3n) is 11.1. The Bertz CT molecular complexity index is 1770. The molecule has 4 atom stereocenters. The van der Waals surface area contributed by atoms with E-state index in [9.17, 15) is 14.4 Å². The van der Waals surface area contributed by atoms with Gasteiger partial charge in [0, 0.05) is 31.1 Å². The van der Waals surface area contributed by atoms with Crippen LogP contribution in [0.5, 0.6) is 0 Å². The van der Waals surface area contributed by atoms with Crippen LogP contribution in [0.2, 0.25) is 0 Å². The number of methoxy groups -OCH3 is 1. The van der Waals surface area contributed by atoms with Crippen molar-refractivity contribution in [3.05, 3.63) is 71.2 Å². The number of hydrogen-bond acceptors (Lipinski definition) is 6. The van der Waals surface area contributed by atoms with Crippen LogP contribution in [-0.2, 0) is 33.6 Å². The summed E-state index contributed by atoms with van der Waals surface area (Å²) < 4.78 is 4.77. The smallest absolute Gasteiger partial charge is 0.407 e. The van der Waals surface area contributed by atoms with Crippen LogP contribution in [0.4, 0.5) is 10.5 Å². The lowest BCUT2D eigenvalue weighted by molar-refractivity contribution is -0.137. The molecule has 0 spiro atoms. The number of fused-ring (bicyclic) bond motifs is 1. The molecule has 0 radical (unpaired) electrons. The van der Waals surface area contributed by atoms with E-state index in [0.717, 1.165) is 86.4 Å². The lowest BCUT2D eigenvalue weighted by Crippen LogP contribution is -2.53. The van der Waals surface area contributed by atoms with Crippen LogP contribution in [0.15, 0.2) is 53.7 Å². The van der Waals surface area contributed by atoms with Crippen molar-refractivity contribution in [3.8, 4) is 11.3 Å². The molecule has 2 aromatic carbocycles. The SMILES string of the molecule is COC(=O)N[C@H](C(=O)N1CCC[C@H]1C1=Nc2cc(CCCc3ccc(-c4cnc([C@@H]5CCCN5C(=O)[C@@H](C)C(C)C)[nH]4)cc3)ccc2C1)C(C)C.S.S.S.S. The van der Waals surface area contributed by atoms with E-state index in [-0.39, 0.29) is 89.7 Å². The number of hydrogen-bond donors (Lipinski definition) is 2. The summed E-state index contributed by atoms with van der Waals surface area (Å²) in [4.78, 5) is 55.8. The Hall–Kier alpha value is -3.07. The number of aliphatic imine (C=N–C) groups is 1. The lowest BCUT2D eigenvalue weighted by Gasteiger charge is -2.30. The number of imidazole rings is 1. The summed E-state index contributed by atoms with van der Waals surface area (Å²) >= 11 is 0. The maximum Gasteiger partial charge on any atom is 0.407 e. The average molecular weight is 831 g/mol. The van der Waals surface area contributed by atoms with Crippen molar-refractivity contribution < 1.29 is 19.1 Å². The predicted octanol–water partition coefficient (Wildman–Crippen LogP) is 7.66. The molecule has 6 rings (SSSR count). The molecule has 0 saturated carbocycles. The Labute approximate surface area is 355 Å². The zero-order chi connectivity index (χ0) is 36.2. The second kappa shape index (κ2) is 21.5. The van der Waals surface area contributed by atoms with Crippen molar-refractivity contribution in [2.75, 3.05) is 20.2 Å². The molecule has 2 fully saturated rings. The second-order valence-corrected chi connectivity index (χ2v) is 15.2. The number of nitrogens with one attached hydrogen (secondary N) is 2. The average Bonchev–Trinajstić information content (AvgIpc) is 3.95. The molecule has 3 amide bonds. The van der Waals surface area contributed by atoms with Gasteiger partial charge in [-0.05, 0) is 85.1 Å². The maximum atomic E-state index is 13.6. The summed E-state index contributed by atoms with van der Waals surface area (Å²) in [6.07, 6.45) is 8.76. The van der Waals surface area contributed by atoms with Crippen molar-refractivity contribution >= 4 is 83.3 Å². The fraction of sp³-hybridized carbons (Fsp3) is 0.537. The minimum atomic E-state index is -0.631.